The van der Waals surface area contributed by atoms with Gasteiger partial charge in [-0.25, -0.2) is 4.79 Å². The van der Waals surface area contributed by atoms with Crippen LogP contribution in [0.25, 0.3) is 0 Å². The predicted molar refractivity (Wildman–Crippen MR) is 102 cm³/mol. The summed E-state index contributed by atoms with van der Waals surface area (Å²) in [5.41, 5.74) is 2.57. The standard InChI is InChI=1S/C21H25NO5/c1-5-17(15-8-6-14(2)7-9-15)22-20(23)13-27-18-11-10-16(21(24)26-4)12-19(18)25-3/h6-12,17H,5,13H2,1-4H3,(H,22,23)/t17-/m1/s1. The molecule has 0 aliphatic heterocycles. The molecule has 0 spiro atoms. The number of methoxy groups -OCH3 is 2. The average molecular weight is 371 g/mol. The first kappa shape index (κ1) is 20.3. The second kappa shape index (κ2) is 9.62. The van der Waals surface area contributed by atoms with Gasteiger partial charge in [-0.2, -0.15) is 0 Å². The lowest BCUT2D eigenvalue weighted by Gasteiger charge is -2.18. The van der Waals surface area contributed by atoms with E-state index in [1.165, 1.54) is 25.8 Å². The summed E-state index contributed by atoms with van der Waals surface area (Å²) < 4.78 is 15.5. The molecule has 0 heterocycles. The van der Waals surface area contributed by atoms with Crippen molar-refractivity contribution < 1.29 is 23.8 Å². The van der Waals surface area contributed by atoms with Gasteiger partial charge in [0.05, 0.1) is 25.8 Å². The molecule has 0 unspecified atom stereocenters. The van der Waals surface area contributed by atoms with Gasteiger partial charge in [-0.05, 0) is 37.1 Å². The third-order valence-electron chi connectivity index (χ3n) is 4.17. The van der Waals surface area contributed by atoms with E-state index in [4.69, 9.17) is 9.47 Å². The molecule has 0 aromatic heterocycles. The Labute approximate surface area is 159 Å². The Morgan fingerprint density at radius 3 is 2.33 bits per heavy atom. The van der Waals surface area contributed by atoms with Crippen molar-refractivity contribution in [3.8, 4) is 11.5 Å². The Morgan fingerprint density at radius 2 is 1.74 bits per heavy atom. The van der Waals surface area contributed by atoms with Gasteiger partial charge in [-0.15, -0.1) is 0 Å². The van der Waals surface area contributed by atoms with Crippen LogP contribution in [0.1, 0.15) is 40.9 Å². The number of hydrogen-bond donors (Lipinski definition) is 1. The van der Waals surface area contributed by atoms with E-state index in [9.17, 15) is 9.59 Å². The number of benzene rings is 2. The molecule has 6 heteroatoms. The third kappa shape index (κ3) is 5.48. The fraction of sp³-hybridized carbons (Fsp3) is 0.333. The van der Waals surface area contributed by atoms with Crippen LogP contribution in [0.2, 0.25) is 0 Å². The number of amides is 1. The first-order valence-corrected chi connectivity index (χ1v) is 8.73. The zero-order chi connectivity index (χ0) is 19.8. The van der Waals surface area contributed by atoms with Crippen molar-refractivity contribution in [2.45, 2.75) is 26.3 Å². The summed E-state index contributed by atoms with van der Waals surface area (Å²) in [5.74, 6) is 0.0305. The van der Waals surface area contributed by atoms with E-state index in [1.54, 1.807) is 12.1 Å². The molecule has 2 aromatic carbocycles. The molecular formula is C21H25NO5. The van der Waals surface area contributed by atoms with Gasteiger partial charge in [0.15, 0.2) is 18.1 Å². The second-order valence-corrected chi connectivity index (χ2v) is 6.08. The minimum atomic E-state index is -0.471. The molecule has 27 heavy (non-hydrogen) atoms. The molecule has 1 atom stereocenters. The van der Waals surface area contributed by atoms with Crippen molar-refractivity contribution in [1.29, 1.82) is 0 Å². The van der Waals surface area contributed by atoms with Gasteiger partial charge in [-0.1, -0.05) is 36.8 Å². The maximum atomic E-state index is 12.3. The quantitative estimate of drug-likeness (QED) is 0.720. The van der Waals surface area contributed by atoms with Gasteiger partial charge >= 0.3 is 5.97 Å². The maximum absolute atomic E-state index is 12.3. The first-order chi connectivity index (χ1) is 13.0. The van der Waals surface area contributed by atoms with E-state index in [0.29, 0.717) is 17.1 Å². The van der Waals surface area contributed by atoms with Gasteiger partial charge in [-0.3, -0.25) is 4.79 Å². The highest BCUT2D eigenvalue weighted by atomic mass is 16.5. The summed E-state index contributed by atoms with van der Waals surface area (Å²) >= 11 is 0. The van der Waals surface area contributed by atoms with Crippen molar-refractivity contribution in [2.24, 2.45) is 0 Å². The number of carbonyl (C=O) groups excluding carboxylic acids is 2. The molecule has 144 valence electrons. The molecule has 0 radical (unpaired) electrons. The highest BCUT2D eigenvalue weighted by molar-refractivity contribution is 5.90. The number of carbonyl (C=O) groups is 2. The molecule has 2 aromatic rings. The van der Waals surface area contributed by atoms with Crippen molar-refractivity contribution in [2.75, 3.05) is 20.8 Å². The zero-order valence-corrected chi connectivity index (χ0v) is 16.1. The number of nitrogens with one attached hydrogen (secondary N) is 1. The smallest absolute Gasteiger partial charge is 0.337 e. The molecule has 0 saturated carbocycles. The summed E-state index contributed by atoms with van der Waals surface area (Å²) in [6.07, 6.45) is 0.770. The molecular weight excluding hydrogens is 346 g/mol. The molecule has 6 nitrogen and oxygen atoms in total. The number of rotatable bonds is 8. The number of esters is 1. The predicted octanol–water partition coefficient (Wildman–Crippen LogP) is 3.44. The van der Waals surface area contributed by atoms with Crippen LogP contribution in [0, 0.1) is 6.92 Å². The third-order valence-corrected chi connectivity index (χ3v) is 4.17. The molecule has 0 fully saturated rings. The molecule has 0 aliphatic carbocycles. The Hall–Kier alpha value is -3.02. The minimum Gasteiger partial charge on any atom is -0.493 e. The summed E-state index contributed by atoms with van der Waals surface area (Å²) in [4.78, 5) is 23.9. The lowest BCUT2D eigenvalue weighted by Crippen LogP contribution is -2.32. The summed E-state index contributed by atoms with van der Waals surface area (Å²) in [6, 6.07) is 12.6. The Balaban J connectivity index is 2.00. The van der Waals surface area contributed by atoms with Crippen LogP contribution >= 0.6 is 0 Å². The Kier molecular flexibility index (Phi) is 7.23. The Bertz CT molecular complexity index is 786. The molecule has 1 amide bonds. The molecule has 2 rings (SSSR count). The Morgan fingerprint density at radius 1 is 1.04 bits per heavy atom. The van der Waals surface area contributed by atoms with E-state index in [0.717, 1.165) is 12.0 Å². The highest BCUT2D eigenvalue weighted by Crippen LogP contribution is 2.28. The van der Waals surface area contributed by atoms with Crippen LogP contribution in [0.3, 0.4) is 0 Å². The maximum Gasteiger partial charge on any atom is 0.337 e. The highest BCUT2D eigenvalue weighted by Gasteiger charge is 2.15. The van der Waals surface area contributed by atoms with Crippen molar-refractivity contribution in [3.63, 3.8) is 0 Å². The minimum absolute atomic E-state index is 0.0784. The summed E-state index contributed by atoms with van der Waals surface area (Å²) in [6.45, 7) is 3.88. The van der Waals surface area contributed by atoms with E-state index < -0.39 is 5.97 Å². The number of ether oxygens (including phenoxy) is 3. The molecule has 1 N–H and O–H groups in total. The van der Waals surface area contributed by atoms with Gasteiger partial charge in [0.1, 0.15) is 0 Å². The monoisotopic (exact) mass is 371 g/mol. The lowest BCUT2D eigenvalue weighted by molar-refractivity contribution is -0.123. The van der Waals surface area contributed by atoms with Crippen LogP contribution < -0.4 is 14.8 Å². The second-order valence-electron chi connectivity index (χ2n) is 6.08. The largest absolute Gasteiger partial charge is 0.493 e. The van der Waals surface area contributed by atoms with E-state index >= 15 is 0 Å². The van der Waals surface area contributed by atoms with Crippen LogP contribution in [0.5, 0.6) is 11.5 Å². The normalized spacial score (nSPS) is 11.4. The van der Waals surface area contributed by atoms with Crippen LogP contribution in [0.4, 0.5) is 0 Å². The van der Waals surface area contributed by atoms with Crippen molar-refractivity contribution in [1.82, 2.24) is 5.32 Å². The van der Waals surface area contributed by atoms with Crippen LogP contribution in [-0.4, -0.2) is 32.7 Å². The van der Waals surface area contributed by atoms with E-state index in [-0.39, 0.29) is 18.6 Å². The fourth-order valence-electron chi connectivity index (χ4n) is 2.63. The van der Waals surface area contributed by atoms with E-state index in [2.05, 4.69) is 10.1 Å². The average Bonchev–Trinajstić information content (AvgIpc) is 2.70. The van der Waals surface area contributed by atoms with Gasteiger partial charge in [0.25, 0.3) is 5.91 Å². The first-order valence-electron chi connectivity index (χ1n) is 8.73. The van der Waals surface area contributed by atoms with Gasteiger partial charge < -0.3 is 19.5 Å². The summed E-state index contributed by atoms with van der Waals surface area (Å²) in [5, 5.41) is 2.97. The molecule has 0 bridgehead atoms. The van der Waals surface area contributed by atoms with Crippen LogP contribution in [0.15, 0.2) is 42.5 Å². The fourth-order valence-corrected chi connectivity index (χ4v) is 2.63. The number of hydrogen-bond acceptors (Lipinski definition) is 5. The SMILES string of the molecule is CC[C@@H](NC(=O)COc1ccc(C(=O)OC)cc1OC)c1ccc(C)cc1. The van der Waals surface area contributed by atoms with E-state index in [1.807, 2.05) is 38.1 Å². The molecule has 0 aliphatic rings. The van der Waals surface area contributed by atoms with Crippen molar-refractivity contribution in [3.05, 3.63) is 59.2 Å². The van der Waals surface area contributed by atoms with Gasteiger partial charge in [0.2, 0.25) is 0 Å². The summed E-state index contributed by atoms with van der Waals surface area (Å²) in [7, 11) is 2.77. The molecule has 0 saturated heterocycles. The van der Waals surface area contributed by atoms with Crippen LogP contribution in [-0.2, 0) is 9.53 Å². The number of aryl methyl sites for hydroxylation is 1. The zero-order valence-electron chi connectivity index (χ0n) is 16.1. The van der Waals surface area contributed by atoms with Gasteiger partial charge in [0, 0.05) is 0 Å². The van der Waals surface area contributed by atoms with Crippen molar-refractivity contribution >= 4 is 11.9 Å². The lowest BCUT2D eigenvalue weighted by atomic mass is 10.0. The topological polar surface area (TPSA) is 73.9 Å².